The van der Waals surface area contributed by atoms with Gasteiger partial charge < -0.3 is 4.42 Å². The summed E-state index contributed by atoms with van der Waals surface area (Å²) in [6.45, 7) is 3.66. The van der Waals surface area contributed by atoms with Crippen molar-refractivity contribution in [2.24, 2.45) is 0 Å². The summed E-state index contributed by atoms with van der Waals surface area (Å²) >= 11 is 0. The fourth-order valence-corrected chi connectivity index (χ4v) is 0.794. The highest BCUT2D eigenvalue weighted by Crippen LogP contribution is 2.07. The second kappa shape index (κ2) is 2.69. The molecule has 1 aromatic heterocycles. The summed E-state index contributed by atoms with van der Waals surface area (Å²) in [7, 11) is 0. The number of Topliss-reactive ketones (excluding diaryl/α,β-unsaturated/α-hetero) is 1. The summed E-state index contributed by atoms with van der Waals surface area (Å²) in [5, 5.41) is 0. The molecule has 0 spiro atoms. The van der Waals surface area contributed by atoms with Crippen molar-refractivity contribution >= 4 is 5.78 Å². The van der Waals surface area contributed by atoms with E-state index in [4.69, 9.17) is 4.42 Å². The SMILES string of the molecule is CCC(=O)c1coc(C)c1. The molecule has 0 aliphatic heterocycles. The zero-order valence-corrected chi connectivity index (χ0v) is 6.18. The monoisotopic (exact) mass is 138 g/mol. The molecule has 2 heteroatoms. The van der Waals surface area contributed by atoms with Gasteiger partial charge in [-0.2, -0.15) is 0 Å². The summed E-state index contributed by atoms with van der Waals surface area (Å²) in [4.78, 5) is 11.0. The lowest BCUT2D eigenvalue weighted by molar-refractivity contribution is 0.0987. The summed E-state index contributed by atoms with van der Waals surface area (Å²) in [6.07, 6.45) is 2.04. The number of hydrogen-bond donors (Lipinski definition) is 0. The van der Waals surface area contributed by atoms with Crippen molar-refractivity contribution in [1.82, 2.24) is 0 Å². The van der Waals surface area contributed by atoms with Crippen molar-refractivity contribution in [3.63, 3.8) is 0 Å². The smallest absolute Gasteiger partial charge is 0.165 e. The van der Waals surface area contributed by atoms with Gasteiger partial charge in [0, 0.05) is 6.42 Å². The highest BCUT2D eigenvalue weighted by atomic mass is 16.3. The molecule has 0 radical (unpaired) electrons. The van der Waals surface area contributed by atoms with Crippen LogP contribution in [0.25, 0.3) is 0 Å². The van der Waals surface area contributed by atoms with Crippen LogP contribution in [0.1, 0.15) is 29.5 Å². The molecule has 0 saturated heterocycles. The third-order valence-electron chi connectivity index (χ3n) is 1.37. The van der Waals surface area contributed by atoms with Crippen molar-refractivity contribution in [3.8, 4) is 0 Å². The Labute approximate surface area is 59.8 Å². The van der Waals surface area contributed by atoms with Crippen LogP contribution in [0.4, 0.5) is 0 Å². The fourth-order valence-electron chi connectivity index (χ4n) is 0.794. The van der Waals surface area contributed by atoms with Crippen LogP contribution in [0.3, 0.4) is 0 Å². The van der Waals surface area contributed by atoms with Gasteiger partial charge in [-0.15, -0.1) is 0 Å². The molecule has 0 amide bonds. The second-order valence-electron chi connectivity index (χ2n) is 2.22. The van der Waals surface area contributed by atoms with Gasteiger partial charge in [0.2, 0.25) is 0 Å². The number of furan rings is 1. The first-order valence-corrected chi connectivity index (χ1v) is 3.32. The summed E-state index contributed by atoms with van der Waals surface area (Å²) < 4.78 is 4.97. The maximum Gasteiger partial charge on any atom is 0.165 e. The fraction of sp³-hybridized carbons (Fsp3) is 0.375. The number of rotatable bonds is 2. The molecule has 0 aromatic carbocycles. The van der Waals surface area contributed by atoms with E-state index in [0.29, 0.717) is 12.0 Å². The lowest BCUT2D eigenvalue weighted by atomic mass is 10.2. The van der Waals surface area contributed by atoms with Crippen LogP contribution in [-0.2, 0) is 0 Å². The van der Waals surface area contributed by atoms with E-state index in [1.54, 1.807) is 6.07 Å². The molecule has 10 heavy (non-hydrogen) atoms. The molecule has 0 aliphatic carbocycles. The molecule has 0 N–H and O–H groups in total. The van der Waals surface area contributed by atoms with Crippen LogP contribution >= 0.6 is 0 Å². The minimum Gasteiger partial charge on any atom is -0.469 e. The van der Waals surface area contributed by atoms with E-state index in [2.05, 4.69) is 0 Å². The van der Waals surface area contributed by atoms with E-state index in [1.807, 2.05) is 13.8 Å². The number of aryl methyl sites for hydroxylation is 1. The summed E-state index contributed by atoms with van der Waals surface area (Å²) in [5.41, 5.74) is 0.681. The largest absolute Gasteiger partial charge is 0.469 e. The maximum atomic E-state index is 11.0. The number of ketones is 1. The van der Waals surface area contributed by atoms with Crippen molar-refractivity contribution in [2.45, 2.75) is 20.3 Å². The first kappa shape index (κ1) is 7.06. The van der Waals surface area contributed by atoms with E-state index in [1.165, 1.54) is 6.26 Å². The van der Waals surface area contributed by atoms with Gasteiger partial charge in [-0.1, -0.05) is 6.92 Å². The quantitative estimate of drug-likeness (QED) is 0.586. The maximum absolute atomic E-state index is 11.0. The Balaban J connectivity index is 2.85. The minimum atomic E-state index is 0.136. The molecule has 2 nitrogen and oxygen atoms in total. The Hall–Kier alpha value is -1.05. The summed E-state index contributed by atoms with van der Waals surface area (Å²) in [6, 6.07) is 1.76. The van der Waals surface area contributed by atoms with E-state index in [9.17, 15) is 4.79 Å². The van der Waals surface area contributed by atoms with E-state index < -0.39 is 0 Å². The Morgan fingerprint density at radius 3 is 2.80 bits per heavy atom. The number of carbonyl (C=O) groups excluding carboxylic acids is 1. The van der Waals surface area contributed by atoms with Gasteiger partial charge in [-0.3, -0.25) is 4.79 Å². The standard InChI is InChI=1S/C8H10O2/c1-3-8(9)7-4-6(2)10-5-7/h4-5H,3H2,1-2H3. The molecule has 1 rings (SSSR count). The van der Waals surface area contributed by atoms with Gasteiger partial charge >= 0.3 is 0 Å². The highest BCUT2D eigenvalue weighted by molar-refractivity contribution is 5.95. The average Bonchev–Trinajstić information content (AvgIpc) is 2.34. The van der Waals surface area contributed by atoms with Gasteiger partial charge in [-0.25, -0.2) is 0 Å². The molecule has 0 unspecified atom stereocenters. The predicted molar refractivity (Wildman–Crippen MR) is 38.1 cm³/mol. The topological polar surface area (TPSA) is 30.2 Å². The molecule has 1 aromatic rings. The lowest BCUT2D eigenvalue weighted by Gasteiger charge is -1.85. The molecule has 54 valence electrons. The Morgan fingerprint density at radius 2 is 2.40 bits per heavy atom. The molecule has 0 aliphatic rings. The van der Waals surface area contributed by atoms with E-state index in [-0.39, 0.29) is 5.78 Å². The lowest BCUT2D eigenvalue weighted by Crippen LogP contribution is -1.92. The van der Waals surface area contributed by atoms with Gasteiger partial charge in [0.15, 0.2) is 5.78 Å². The minimum absolute atomic E-state index is 0.136. The first-order valence-electron chi connectivity index (χ1n) is 3.32. The zero-order valence-electron chi connectivity index (χ0n) is 6.18. The van der Waals surface area contributed by atoms with Crippen LogP contribution in [-0.4, -0.2) is 5.78 Å². The van der Waals surface area contributed by atoms with Gasteiger partial charge in [0.1, 0.15) is 12.0 Å². The molecule has 0 bridgehead atoms. The molecular formula is C8H10O2. The third kappa shape index (κ3) is 1.26. The van der Waals surface area contributed by atoms with Crippen molar-refractivity contribution in [1.29, 1.82) is 0 Å². The molecule has 0 atom stereocenters. The molecule has 0 fully saturated rings. The average molecular weight is 138 g/mol. The third-order valence-corrected chi connectivity index (χ3v) is 1.37. The Morgan fingerprint density at radius 1 is 1.70 bits per heavy atom. The van der Waals surface area contributed by atoms with Gasteiger partial charge in [-0.05, 0) is 13.0 Å². The molecule has 1 heterocycles. The van der Waals surface area contributed by atoms with Crippen LogP contribution in [0.2, 0.25) is 0 Å². The first-order chi connectivity index (χ1) is 4.74. The second-order valence-corrected chi connectivity index (χ2v) is 2.22. The van der Waals surface area contributed by atoms with E-state index >= 15 is 0 Å². The van der Waals surface area contributed by atoms with Crippen molar-refractivity contribution < 1.29 is 9.21 Å². The van der Waals surface area contributed by atoms with Crippen LogP contribution < -0.4 is 0 Å². The Kier molecular flexibility index (Phi) is 1.90. The van der Waals surface area contributed by atoms with E-state index in [0.717, 1.165) is 5.76 Å². The molecular weight excluding hydrogens is 128 g/mol. The molecule has 0 saturated carbocycles. The van der Waals surface area contributed by atoms with Crippen molar-refractivity contribution in [3.05, 3.63) is 23.7 Å². The van der Waals surface area contributed by atoms with Crippen LogP contribution in [0.5, 0.6) is 0 Å². The van der Waals surface area contributed by atoms with Crippen molar-refractivity contribution in [2.75, 3.05) is 0 Å². The number of carbonyl (C=O) groups is 1. The van der Waals surface area contributed by atoms with Gasteiger partial charge in [0.05, 0.1) is 5.56 Å². The normalized spacial score (nSPS) is 9.80. The number of hydrogen-bond acceptors (Lipinski definition) is 2. The summed E-state index contributed by atoms with van der Waals surface area (Å²) in [5.74, 6) is 0.925. The van der Waals surface area contributed by atoms with Crippen LogP contribution in [0, 0.1) is 6.92 Å². The van der Waals surface area contributed by atoms with Crippen LogP contribution in [0.15, 0.2) is 16.7 Å². The highest BCUT2D eigenvalue weighted by Gasteiger charge is 2.04. The van der Waals surface area contributed by atoms with Gasteiger partial charge in [0.25, 0.3) is 0 Å². The predicted octanol–water partition coefficient (Wildman–Crippen LogP) is 2.18. The zero-order chi connectivity index (χ0) is 7.56. The Bertz CT molecular complexity index is 235.